The van der Waals surface area contributed by atoms with Crippen molar-refractivity contribution in [3.05, 3.63) is 58.1 Å². The van der Waals surface area contributed by atoms with Crippen LogP contribution in [0.2, 0.25) is 0 Å². The van der Waals surface area contributed by atoms with Gasteiger partial charge in [-0.15, -0.1) is 0 Å². The number of carbonyl (C=O) groups is 3. The molecule has 2 fully saturated rings. The van der Waals surface area contributed by atoms with Gasteiger partial charge in [-0.1, -0.05) is 0 Å². The standard InChI is InChI=1S/C30H32FN5O7/c1-16-15-42-28-25-20(27(38)21(13-35(16)25)29(39)41-3)12-22(31)26(28)34-10-8-33(9-11-34)18-4-6-19(7-5-18)36-14-23(43-30(36)40)24(32)17(2)37/h4-7,12-13,16,23-24H,8-11,14-15,32H2,1-3H3/t16?,23?,24-/m1/s1. The van der Waals surface area contributed by atoms with E-state index in [-0.39, 0.29) is 35.9 Å². The molecule has 3 aliphatic heterocycles. The van der Waals surface area contributed by atoms with Crippen molar-refractivity contribution in [1.29, 1.82) is 0 Å². The van der Waals surface area contributed by atoms with Crippen LogP contribution in [0.5, 0.6) is 5.75 Å². The number of aromatic nitrogens is 1. The van der Waals surface area contributed by atoms with E-state index in [0.717, 1.165) is 5.69 Å². The SMILES string of the molecule is COC(=O)c1cn2c3c(c(N4CCN(c5ccc(N6CC([C@H](N)C(C)=O)OC6=O)cc5)CC4)c(F)cc3c1=O)OCC2C. The summed E-state index contributed by atoms with van der Waals surface area (Å²) in [5.74, 6) is -1.32. The Morgan fingerprint density at radius 1 is 1.07 bits per heavy atom. The summed E-state index contributed by atoms with van der Waals surface area (Å²) in [7, 11) is 1.20. The van der Waals surface area contributed by atoms with Crippen molar-refractivity contribution >= 4 is 45.8 Å². The number of hydrogen-bond acceptors (Lipinski definition) is 10. The monoisotopic (exact) mass is 593 g/mol. The zero-order chi connectivity index (χ0) is 30.6. The second-order valence-corrected chi connectivity index (χ2v) is 11.0. The van der Waals surface area contributed by atoms with Crippen LogP contribution < -0.4 is 30.6 Å². The molecule has 0 saturated carbocycles. The Morgan fingerprint density at radius 2 is 1.72 bits per heavy atom. The van der Waals surface area contributed by atoms with Crippen LogP contribution in [0.25, 0.3) is 10.9 Å². The molecule has 1 amide bonds. The Hall–Kier alpha value is -4.65. The van der Waals surface area contributed by atoms with E-state index in [2.05, 4.69) is 4.90 Å². The Morgan fingerprint density at radius 3 is 2.37 bits per heavy atom. The lowest BCUT2D eigenvalue weighted by Gasteiger charge is -2.39. The maximum Gasteiger partial charge on any atom is 0.414 e. The molecule has 0 spiro atoms. The van der Waals surface area contributed by atoms with Crippen LogP contribution in [0.3, 0.4) is 0 Å². The van der Waals surface area contributed by atoms with Crippen molar-refractivity contribution in [3.8, 4) is 5.75 Å². The zero-order valence-corrected chi connectivity index (χ0v) is 24.0. The van der Waals surface area contributed by atoms with E-state index >= 15 is 4.39 Å². The first-order valence-electron chi connectivity index (χ1n) is 14.1. The fraction of sp³-hybridized carbons (Fsp3) is 0.400. The molecule has 1 aromatic heterocycles. The number of pyridine rings is 1. The van der Waals surface area contributed by atoms with Gasteiger partial charge in [0, 0.05) is 43.8 Å². The van der Waals surface area contributed by atoms with E-state index in [1.165, 1.54) is 31.2 Å². The number of esters is 1. The Balaban J connectivity index is 1.21. The maximum atomic E-state index is 15.7. The minimum Gasteiger partial charge on any atom is -0.487 e. The lowest BCUT2D eigenvalue weighted by molar-refractivity contribution is -0.120. The molecule has 3 aromatic rings. The third-order valence-electron chi connectivity index (χ3n) is 8.37. The molecule has 12 nitrogen and oxygen atoms in total. The summed E-state index contributed by atoms with van der Waals surface area (Å²) in [6.45, 7) is 5.86. The van der Waals surface area contributed by atoms with Gasteiger partial charge in [0.2, 0.25) is 5.43 Å². The third kappa shape index (κ3) is 4.83. The summed E-state index contributed by atoms with van der Waals surface area (Å²) in [5, 5.41) is 0.0703. The molecule has 0 aliphatic carbocycles. The zero-order valence-electron chi connectivity index (χ0n) is 24.0. The van der Waals surface area contributed by atoms with Gasteiger partial charge in [0.15, 0.2) is 11.6 Å². The van der Waals surface area contributed by atoms with Gasteiger partial charge in [-0.05, 0) is 44.2 Å². The molecule has 6 rings (SSSR count). The number of rotatable bonds is 6. The molecule has 226 valence electrons. The summed E-state index contributed by atoms with van der Waals surface area (Å²) >= 11 is 0. The van der Waals surface area contributed by atoms with Crippen LogP contribution in [0.1, 0.15) is 30.2 Å². The molecule has 13 heteroatoms. The molecule has 2 unspecified atom stereocenters. The number of cyclic esters (lactones) is 1. The number of nitrogens with two attached hydrogens (primary N) is 1. The number of anilines is 3. The molecule has 0 bridgehead atoms. The van der Waals surface area contributed by atoms with E-state index in [4.69, 9.17) is 19.9 Å². The number of ketones is 1. The molecule has 3 aliphatic rings. The first-order chi connectivity index (χ1) is 20.6. The van der Waals surface area contributed by atoms with Gasteiger partial charge in [0.25, 0.3) is 0 Å². The topological polar surface area (TPSA) is 137 Å². The smallest absolute Gasteiger partial charge is 0.414 e. The normalized spacial score (nSPS) is 20.6. The number of Topliss-reactive ketones (excluding diaryl/α,β-unsaturated/α-hetero) is 1. The average molecular weight is 594 g/mol. The second-order valence-electron chi connectivity index (χ2n) is 11.0. The largest absolute Gasteiger partial charge is 0.487 e. The van der Waals surface area contributed by atoms with Gasteiger partial charge in [0.1, 0.15) is 35.8 Å². The number of carbonyl (C=O) groups excluding carboxylic acids is 3. The second kappa shape index (κ2) is 10.9. The van der Waals surface area contributed by atoms with Crippen molar-refractivity contribution in [3.63, 3.8) is 0 Å². The van der Waals surface area contributed by atoms with Crippen molar-refractivity contribution < 1.29 is 33.0 Å². The van der Waals surface area contributed by atoms with Gasteiger partial charge in [-0.3, -0.25) is 14.5 Å². The number of piperazine rings is 1. The lowest BCUT2D eigenvalue weighted by Crippen LogP contribution is -2.47. The van der Waals surface area contributed by atoms with Crippen molar-refractivity contribution in [2.45, 2.75) is 32.0 Å². The Bertz CT molecular complexity index is 1680. The molecule has 4 heterocycles. The first-order valence-corrected chi connectivity index (χ1v) is 14.1. The van der Waals surface area contributed by atoms with Crippen LogP contribution in [-0.2, 0) is 14.3 Å². The van der Waals surface area contributed by atoms with Gasteiger partial charge in [0.05, 0.1) is 30.6 Å². The molecule has 2 N–H and O–H groups in total. The first kappa shape index (κ1) is 28.5. The summed E-state index contributed by atoms with van der Waals surface area (Å²) < 4.78 is 33.6. The summed E-state index contributed by atoms with van der Waals surface area (Å²) in [6.07, 6.45) is 0.221. The van der Waals surface area contributed by atoms with Crippen molar-refractivity contribution in [2.75, 3.05) is 61.1 Å². The number of methoxy groups -OCH3 is 1. The van der Waals surface area contributed by atoms with Crippen LogP contribution in [0.15, 0.2) is 41.3 Å². The fourth-order valence-corrected chi connectivity index (χ4v) is 5.94. The fourth-order valence-electron chi connectivity index (χ4n) is 5.94. The molecular formula is C30H32FN5O7. The maximum absolute atomic E-state index is 15.7. The number of ether oxygens (including phenoxy) is 3. The lowest BCUT2D eigenvalue weighted by atomic mass is 10.1. The van der Waals surface area contributed by atoms with Crippen LogP contribution in [0.4, 0.5) is 26.2 Å². The van der Waals surface area contributed by atoms with Gasteiger partial charge in [-0.25, -0.2) is 14.0 Å². The van der Waals surface area contributed by atoms with E-state index in [9.17, 15) is 19.2 Å². The number of benzene rings is 2. The van der Waals surface area contributed by atoms with Gasteiger partial charge < -0.3 is 34.3 Å². The predicted octanol–water partition coefficient (Wildman–Crippen LogP) is 2.45. The summed E-state index contributed by atoms with van der Waals surface area (Å²) in [6, 6.07) is 7.56. The highest BCUT2D eigenvalue weighted by Gasteiger charge is 2.38. The minimum absolute atomic E-state index is 0.0703. The highest BCUT2D eigenvalue weighted by molar-refractivity contribution is 5.98. The van der Waals surface area contributed by atoms with E-state index in [1.807, 2.05) is 36.1 Å². The van der Waals surface area contributed by atoms with E-state index in [1.54, 1.807) is 4.57 Å². The number of nitrogens with zero attached hydrogens (tertiary/aromatic N) is 4. The number of hydrogen-bond donors (Lipinski definition) is 1. The molecular weight excluding hydrogens is 561 g/mol. The van der Waals surface area contributed by atoms with E-state index < -0.39 is 35.5 Å². The summed E-state index contributed by atoms with van der Waals surface area (Å²) in [5.41, 5.74) is 7.43. The van der Waals surface area contributed by atoms with Gasteiger partial charge >= 0.3 is 12.1 Å². The number of amides is 1. The minimum atomic E-state index is -0.870. The average Bonchev–Trinajstić information content (AvgIpc) is 3.40. The van der Waals surface area contributed by atoms with Crippen molar-refractivity contribution in [2.24, 2.45) is 5.73 Å². The van der Waals surface area contributed by atoms with Crippen LogP contribution >= 0.6 is 0 Å². The Labute approximate surface area is 246 Å². The van der Waals surface area contributed by atoms with Crippen LogP contribution in [0, 0.1) is 5.82 Å². The molecule has 43 heavy (non-hydrogen) atoms. The highest BCUT2D eigenvalue weighted by Crippen LogP contribution is 2.42. The quantitative estimate of drug-likeness (QED) is 0.425. The summed E-state index contributed by atoms with van der Waals surface area (Å²) in [4.78, 5) is 54.9. The van der Waals surface area contributed by atoms with E-state index in [0.29, 0.717) is 48.8 Å². The Kier molecular flexibility index (Phi) is 7.20. The molecule has 2 saturated heterocycles. The third-order valence-corrected chi connectivity index (χ3v) is 8.37. The molecule has 2 aromatic carbocycles. The molecule has 0 radical (unpaired) electrons. The highest BCUT2D eigenvalue weighted by atomic mass is 19.1. The molecule has 3 atom stereocenters. The van der Waals surface area contributed by atoms with Crippen LogP contribution in [-0.4, -0.2) is 81.0 Å². The number of halogens is 1. The van der Waals surface area contributed by atoms with Crippen molar-refractivity contribution in [1.82, 2.24) is 4.57 Å². The predicted molar refractivity (Wildman–Crippen MR) is 157 cm³/mol. The van der Waals surface area contributed by atoms with Gasteiger partial charge in [-0.2, -0.15) is 0 Å².